The SMILES string of the molecule is CC(C)CCCCCOC(=O)CC(CBr)OC(=O)CCl. The van der Waals surface area contributed by atoms with Crippen LogP contribution in [-0.4, -0.2) is 35.9 Å². The average Bonchev–Trinajstić information content (AvgIpc) is 2.41. The van der Waals surface area contributed by atoms with Crippen LogP contribution >= 0.6 is 27.5 Å². The standard InChI is InChI=1S/C14H24BrClO4/c1-11(2)6-4-3-5-7-19-13(17)8-12(9-15)20-14(18)10-16/h11-12H,3-10H2,1-2H3. The Morgan fingerprint density at radius 3 is 2.40 bits per heavy atom. The lowest BCUT2D eigenvalue weighted by molar-refractivity contribution is -0.152. The molecule has 0 aromatic rings. The number of rotatable bonds is 11. The molecule has 4 nitrogen and oxygen atoms in total. The number of carbonyl (C=O) groups is 2. The van der Waals surface area contributed by atoms with Crippen LogP contribution in [0.15, 0.2) is 0 Å². The van der Waals surface area contributed by atoms with Gasteiger partial charge in [0.25, 0.3) is 0 Å². The predicted octanol–water partition coefficient (Wildman–Crippen LogP) is 3.68. The van der Waals surface area contributed by atoms with Gasteiger partial charge in [-0.2, -0.15) is 0 Å². The molecule has 0 aromatic carbocycles. The van der Waals surface area contributed by atoms with Crippen LogP contribution in [-0.2, 0) is 19.1 Å². The van der Waals surface area contributed by atoms with Crippen molar-refractivity contribution in [3.05, 3.63) is 0 Å². The Morgan fingerprint density at radius 2 is 1.85 bits per heavy atom. The molecule has 0 heterocycles. The van der Waals surface area contributed by atoms with E-state index in [0.29, 0.717) is 17.9 Å². The van der Waals surface area contributed by atoms with E-state index in [1.54, 1.807) is 0 Å². The number of hydrogen-bond acceptors (Lipinski definition) is 4. The summed E-state index contributed by atoms with van der Waals surface area (Å²) in [6, 6.07) is 0. The van der Waals surface area contributed by atoms with Gasteiger partial charge in [-0.15, -0.1) is 11.6 Å². The van der Waals surface area contributed by atoms with Crippen LogP contribution in [0.5, 0.6) is 0 Å². The minimum Gasteiger partial charge on any atom is -0.466 e. The monoisotopic (exact) mass is 370 g/mol. The fourth-order valence-corrected chi connectivity index (χ4v) is 2.03. The highest BCUT2D eigenvalue weighted by Crippen LogP contribution is 2.09. The lowest BCUT2D eigenvalue weighted by Crippen LogP contribution is -2.24. The first-order chi connectivity index (χ1) is 9.49. The molecular weight excluding hydrogens is 348 g/mol. The van der Waals surface area contributed by atoms with E-state index in [1.807, 2.05) is 0 Å². The maximum atomic E-state index is 11.6. The highest BCUT2D eigenvalue weighted by atomic mass is 79.9. The predicted molar refractivity (Wildman–Crippen MR) is 83.3 cm³/mol. The maximum absolute atomic E-state index is 11.6. The van der Waals surface area contributed by atoms with Crippen LogP contribution in [0.4, 0.5) is 0 Å². The van der Waals surface area contributed by atoms with Crippen molar-refractivity contribution in [3.8, 4) is 0 Å². The first-order valence-corrected chi connectivity index (χ1v) is 8.62. The van der Waals surface area contributed by atoms with Gasteiger partial charge >= 0.3 is 11.9 Å². The normalized spacial score (nSPS) is 12.2. The van der Waals surface area contributed by atoms with Gasteiger partial charge < -0.3 is 9.47 Å². The molecule has 6 heteroatoms. The zero-order valence-corrected chi connectivity index (χ0v) is 14.5. The van der Waals surface area contributed by atoms with Gasteiger partial charge in [-0.1, -0.05) is 49.0 Å². The van der Waals surface area contributed by atoms with E-state index < -0.39 is 12.1 Å². The van der Waals surface area contributed by atoms with Crippen LogP contribution in [0.2, 0.25) is 0 Å². The van der Waals surface area contributed by atoms with Gasteiger partial charge in [0, 0.05) is 5.33 Å². The summed E-state index contributed by atoms with van der Waals surface area (Å²) in [6.07, 6.45) is 3.84. The summed E-state index contributed by atoms with van der Waals surface area (Å²) in [5.74, 6) is -0.374. The molecule has 0 saturated heterocycles. The molecular formula is C14H24BrClO4. The van der Waals surface area contributed by atoms with Crippen LogP contribution in [0.25, 0.3) is 0 Å². The third kappa shape index (κ3) is 11.5. The van der Waals surface area contributed by atoms with Crippen molar-refractivity contribution in [2.24, 2.45) is 5.92 Å². The van der Waals surface area contributed by atoms with Crippen molar-refractivity contribution in [1.29, 1.82) is 0 Å². The van der Waals surface area contributed by atoms with Crippen LogP contribution in [0.1, 0.15) is 46.0 Å². The molecule has 1 atom stereocenters. The summed E-state index contributed by atoms with van der Waals surface area (Å²) in [5.41, 5.74) is 0. The van der Waals surface area contributed by atoms with E-state index in [9.17, 15) is 9.59 Å². The van der Waals surface area contributed by atoms with Crippen LogP contribution in [0, 0.1) is 5.92 Å². The molecule has 20 heavy (non-hydrogen) atoms. The lowest BCUT2D eigenvalue weighted by Gasteiger charge is -2.14. The molecule has 0 aliphatic carbocycles. The first kappa shape index (κ1) is 19.7. The summed E-state index contributed by atoms with van der Waals surface area (Å²) < 4.78 is 10.1. The number of esters is 2. The molecule has 118 valence electrons. The molecule has 0 amide bonds. The van der Waals surface area contributed by atoms with E-state index >= 15 is 0 Å². The summed E-state index contributed by atoms with van der Waals surface area (Å²) >= 11 is 8.53. The zero-order chi connectivity index (χ0) is 15.4. The molecule has 0 aromatic heterocycles. The minimum atomic E-state index is -0.530. The van der Waals surface area contributed by atoms with Gasteiger partial charge in [0.15, 0.2) is 0 Å². The second kappa shape index (κ2) is 12.5. The summed E-state index contributed by atoms with van der Waals surface area (Å²) in [4.78, 5) is 22.6. The van der Waals surface area contributed by atoms with E-state index in [4.69, 9.17) is 21.1 Å². The summed E-state index contributed by atoms with van der Waals surface area (Å²) in [5, 5.41) is 0.388. The van der Waals surface area contributed by atoms with Crippen LogP contribution < -0.4 is 0 Å². The molecule has 0 rings (SSSR count). The third-order valence-electron chi connectivity index (χ3n) is 2.66. The van der Waals surface area contributed by atoms with E-state index in [1.165, 1.54) is 6.42 Å². The fourth-order valence-electron chi connectivity index (χ4n) is 1.61. The smallest absolute Gasteiger partial charge is 0.321 e. The van der Waals surface area contributed by atoms with Crippen molar-refractivity contribution in [2.75, 3.05) is 17.8 Å². The molecule has 0 fully saturated rings. The maximum Gasteiger partial charge on any atom is 0.321 e. The third-order valence-corrected chi connectivity index (χ3v) is 3.60. The van der Waals surface area contributed by atoms with E-state index in [-0.39, 0.29) is 18.3 Å². The van der Waals surface area contributed by atoms with Crippen molar-refractivity contribution < 1.29 is 19.1 Å². The van der Waals surface area contributed by atoms with Crippen LogP contribution in [0.3, 0.4) is 0 Å². The zero-order valence-electron chi connectivity index (χ0n) is 12.2. The molecule has 0 spiro atoms. The Balaban J connectivity index is 3.67. The van der Waals surface area contributed by atoms with Gasteiger partial charge in [0.2, 0.25) is 0 Å². The quantitative estimate of drug-likeness (QED) is 0.316. The van der Waals surface area contributed by atoms with Crippen molar-refractivity contribution in [3.63, 3.8) is 0 Å². The Bertz CT molecular complexity index is 284. The second-order valence-corrected chi connectivity index (χ2v) is 5.98. The average molecular weight is 372 g/mol. The van der Waals surface area contributed by atoms with Gasteiger partial charge in [0.1, 0.15) is 12.0 Å². The fraction of sp³-hybridized carbons (Fsp3) is 0.857. The van der Waals surface area contributed by atoms with E-state index in [0.717, 1.165) is 19.3 Å². The number of unbranched alkanes of at least 4 members (excludes halogenated alkanes) is 2. The molecule has 0 bridgehead atoms. The topological polar surface area (TPSA) is 52.6 Å². The number of hydrogen-bond donors (Lipinski definition) is 0. The summed E-state index contributed by atoms with van der Waals surface area (Å²) in [6.45, 7) is 4.82. The molecule has 0 aliphatic rings. The summed E-state index contributed by atoms with van der Waals surface area (Å²) in [7, 11) is 0. The van der Waals surface area contributed by atoms with Gasteiger partial charge in [-0.05, 0) is 12.3 Å². The highest BCUT2D eigenvalue weighted by molar-refractivity contribution is 9.09. The van der Waals surface area contributed by atoms with Crippen molar-refractivity contribution in [1.82, 2.24) is 0 Å². The Hall–Kier alpha value is -0.290. The van der Waals surface area contributed by atoms with Crippen molar-refractivity contribution >= 4 is 39.5 Å². The van der Waals surface area contributed by atoms with Crippen molar-refractivity contribution in [2.45, 2.75) is 52.1 Å². The highest BCUT2D eigenvalue weighted by Gasteiger charge is 2.17. The van der Waals surface area contributed by atoms with Gasteiger partial charge in [-0.3, -0.25) is 9.59 Å². The Labute approximate surface area is 134 Å². The largest absolute Gasteiger partial charge is 0.466 e. The number of alkyl halides is 2. The molecule has 0 saturated carbocycles. The molecule has 0 aliphatic heterocycles. The first-order valence-electron chi connectivity index (χ1n) is 6.96. The number of halogens is 2. The molecule has 1 unspecified atom stereocenters. The minimum absolute atomic E-state index is 0.0554. The Kier molecular flexibility index (Phi) is 12.3. The molecule has 0 N–H and O–H groups in total. The molecule has 0 radical (unpaired) electrons. The second-order valence-electron chi connectivity index (χ2n) is 5.07. The van der Waals surface area contributed by atoms with Gasteiger partial charge in [-0.25, -0.2) is 0 Å². The van der Waals surface area contributed by atoms with E-state index in [2.05, 4.69) is 29.8 Å². The number of ether oxygens (including phenoxy) is 2. The Morgan fingerprint density at radius 1 is 1.15 bits per heavy atom. The number of carbonyl (C=O) groups excluding carboxylic acids is 2. The lowest BCUT2D eigenvalue weighted by atomic mass is 10.1. The van der Waals surface area contributed by atoms with Gasteiger partial charge in [0.05, 0.1) is 13.0 Å².